The van der Waals surface area contributed by atoms with E-state index in [9.17, 15) is 18.3 Å². The van der Waals surface area contributed by atoms with Crippen LogP contribution in [-0.2, 0) is 0 Å². The monoisotopic (exact) mass is 218 g/mol. The van der Waals surface area contributed by atoms with E-state index >= 15 is 0 Å². The molecule has 84 valence electrons. The van der Waals surface area contributed by atoms with Gasteiger partial charge in [-0.05, 0) is 24.8 Å². The van der Waals surface area contributed by atoms with Crippen LogP contribution < -0.4 is 0 Å². The summed E-state index contributed by atoms with van der Waals surface area (Å²) < 4.78 is 37.5. The zero-order valence-corrected chi connectivity index (χ0v) is 8.22. The van der Waals surface area contributed by atoms with Crippen molar-refractivity contribution in [2.75, 3.05) is 0 Å². The Hall–Kier alpha value is -1.03. The van der Waals surface area contributed by atoms with Crippen LogP contribution in [0.15, 0.2) is 36.0 Å². The van der Waals surface area contributed by atoms with Gasteiger partial charge in [-0.15, -0.1) is 0 Å². The van der Waals surface area contributed by atoms with E-state index in [1.54, 1.807) is 0 Å². The Morgan fingerprint density at radius 2 is 2.07 bits per heavy atom. The van der Waals surface area contributed by atoms with Gasteiger partial charge < -0.3 is 5.11 Å². The quantitative estimate of drug-likeness (QED) is 0.662. The van der Waals surface area contributed by atoms with Gasteiger partial charge in [0.15, 0.2) is 0 Å². The summed E-state index contributed by atoms with van der Waals surface area (Å²) in [6.07, 6.45) is -0.201. The number of rotatable bonds is 0. The van der Waals surface area contributed by atoms with E-state index < -0.39 is 17.9 Å². The summed E-state index contributed by atoms with van der Waals surface area (Å²) in [6, 6.07) is 0. The van der Waals surface area contributed by atoms with Gasteiger partial charge >= 0.3 is 6.18 Å². The molecule has 0 bridgehead atoms. The Labute approximate surface area is 86.6 Å². The van der Waals surface area contributed by atoms with Crippen molar-refractivity contribution in [3.63, 3.8) is 0 Å². The fourth-order valence-corrected chi connectivity index (χ4v) is 1.41. The number of halogens is 3. The van der Waals surface area contributed by atoms with Crippen LogP contribution in [0.3, 0.4) is 0 Å². The van der Waals surface area contributed by atoms with Gasteiger partial charge in [0, 0.05) is 0 Å². The topological polar surface area (TPSA) is 20.2 Å². The molecule has 0 aliphatic heterocycles. The first-order valence-corrected chi connectivity index (χ1v) is 4.71. The largest absolute Gasteiger partial charge is 0.416 e. The highest BCUT2D eigenvalue weighted by atomic mass is 19.4. The van der Waals surface area contributed by atoms with Gasteiger partial charge in [0.1, 0.15) is 0 Å². The molecule has 0 saturated heterocycles. The minimum absolute atomic E-state index is 0.0353. The zero-order valence-electron chi connectivity index (χ0n) is 8.22. The average Bonchev–Trinajstić information content (AvgIpc) is 2.18. The normalized spacial score (nSPS) is 26.3. The standard InChI is InChI=1S/C11H13F3O/c1-8-6-7-9(15)4-2-3-5-10(8)11(12,13)14/h2-3,5,9,15H,1,4,6-7H2/b3-2-,10-5?. The van der Waals surface area contributed by atoms with Crippen molar-refractivity contribution in [2.45, 2.75) is 31.5 Å². The molecule has 0 aromatic heterocycles. The van der Waals surface area contributed by atoms with Crippen LogP contribution in [0.2, 0.25) is 0 Å². The van der Waals surface area contributed by atoms with E-state index in [-0.39, 0.29) is 12.0 Å². The molecule has 0 aromatic carbocycles. The summed E-state index contributed by atoms with van der Waals surface area (Å²) in [6.45, 7) is 3.41. The van der Waals surface area contributed by atoms with Crippen molar-refractivity contribution in [3.8, 4) is 0 Å². The summed E-state index contributed by atoms with van der Waals surface area (Å²) in [5.74, 6) is 0. The smallest absolute Gasteiger partial charge is 0.393 e. The molecule has 0 radical (unpaired) electrons. The Morgan fingerprint density at radius 3 is 2.67 bits per heavy atom. The Morgan fingerprint density at radius 1 is 1.40 bits per heavy atom. The summed E-state index contributed by atoms with van der Waals surface area (Å²) in [5, 5.41) is 9.35. The van der Waals surface area contributed by atoms with E-state index in [1.165, 1.54) is 12.2 Å². The first-order valence-electron chi connectivity index (χ1n) is 4.71. The zero-order chi connectivity index (χ0) is 11.5. The fourth-order valence-electron chi connectivity index (χ4n) is 1.41. The first kappa shape index (κ1) is 12.0. The lowest BCUT2D eigenvalue weighted by molar-refractivity contribution is -0.0896. The molecular formula is C11H13F3O. The Kier molecular flexibility index (Phi) is 3.74. The third-order valence-electron chi connectivity index (χ3n) is 2.27. The highest BCUT2D eigenvalue weighted by Crippen LogP contribution is 2.33. The molecule has 1 aliphatic carbocycles. The van der Waals surface area contributed by atoms with Crippen LogP contribution in [0.4, 0.5) is 13.2 Å². The molecule has 4 heteroatoms. The fraction of sp³-hybridized carbons (Fsp3) is 0.455. The van der Waals surface area contributed by atoms with Gasteiger partial charge in [-0.1, -0.05) is 24.8 Å². The maximum Gasteiger partial charge on any atom is 0.416 e. The Balaban J connectivity index is 2.90. The molecular weight excluding hydrogens is 205 g/mol. The third kappa shape index (κ3) is 3.55. The number of hydrogen-bond donors (Lipinski definition) is 1. The Bertz CT molecular complexity index is 299. The van der Waals surface area contributed by atoms with Crippen LogP contribution in [0.5, 0.6) is 0 Å². The molecule has 1 aliphatic rings. The maximum absolute atomic E-state index is 12.5. The van der Waals surface area contributed by atoms with Crippen molar-refractivity contribution >= 4 is 0 Å². The van der Waals surface area contributed by atoms with Gasteiger partial charge in [0.05, 0.1) is 11.7 Å². The predicted octanol–water partition coefficient (Wildman–Crippen LogP) is 3.13. The van der Waals surface area contributed by atoms with Gasteiger partial charge in [-0.3, -0.25) is 0 Å². The lowest BCUT2D eigenvalue weighted by Gasteiger charge is -2.14. The minimum atomic E-state index is -4.36. The van der Waals surface area contributed by atoms with Crippen molar-refractivity contribution in [3.05, 3.63) is 36.0 Å². The first-order chi connectivity index (χ1) is 6.91. The molecule has 1 rings (SSSR count). The molecule has 0 heterocycles. The van der Waals surface area contributed by atoms with E-state index in [0.717, 1.165) is 6.08 Å². The van der Waals surface area contributed by atoms with Crippen LogP contribution >= 0.6 is 0 Å². The highest BCUT2D eigenvalue weighted by molar-refractivity contribution is 5.35. The van der Waals surface area contributed by atoms with Crippen molar-refractivity contribution in [1.29, 1.82) is 0 Å². The number of alkyl halides is 3. The van der Waals surface area contributed by atoms with Gasteiger partial charge in [0.2, 0.25) is 0 Å². The summed E-state index contributed by atoms with van der Waals surface area (Å²) in [5.41, 5.74) is -0.666. The molecule has 0 fully saturated rings. The highest BCUT2D eigenvalue weighted by Gasteiger charge is 2.34. The molecule has 0 amide bonds. The average molecular weight is 218 g/mol. The van der Waals surface area contributed by atoms with Gasteiger partial charge in [-0.25, -0.2) is 0 Å². The molecule has 1 atom stereocenters. The summed E-state index contributed by atoms with van der Waals surface area (Å²) in [7, 11) is 0. The number of hydrogen-bond acceptors (Lipinski definition) is 1. The van der Waals surface area contributed by atoms with E-state index in [2.05, 4.69) is 6.58 Å². The second kappa shape index (κ2) is 4.66. The van der Waals surface area contributed by atoms with E-state index in [0.29, 0.717) is 12.8 Å². The number of aliphatic hydroxyl groups excluding tert-OH is 1. The van der Waals surface area contributed by atoms with Crippen LogP contribution in [-0.4, -0.2) is 17.4 Å². The molecule has 1 N–H and O–H groups in total. The molecule has 1 nitrogen and oxygen atoms in total. The second-order valence-electron chi connectivity index (χ2n) is 3.54. The van der Waals surface area contributed by atoms with Crippen LogP contribution in [0, 0.1) is 0 Å². The predicted molar refractivity (Wildman–Crippen MR) is 52.3 cm³/mol. The molecule has 0 saturated carbocycles. The van der Waals surface area contributed by atoms with Crippen molar-refractivity contribution in [2.24, 2.45) is 0 Å². The molecule has 0 aromatic rings. The number of aliphatic hydroxyl groups is 1. The molecule has 0 spiro atoms. The van der Waals surface area contributed by atoms with Crippen molar-refractivity contribution < 1.29 is 18.3 Å². The molecule has 1 unspecified atom stereocenters. The van der Waals surface area contributed by atoms with Crippen LogP contribution in [0.25, 0.3) is 0 Å². The lowest BCUT2D eigenvalue weighted by atomic mass is 10.0. The van der Waals surface area contributed by atoms with E-state index in [1.807, 2.05) is 0 Å². The summed E-state index contributed by atoms with van der Waals surface area (Å²) in [4.78, 5) is 0. The SMILES string of the molecule is C=C1CCC(O)C/C=C\C=C1C(F)(F)F. The van der Waals surface area contributed by atoms with Crippen molar-refractivity contribution in [1.82, 2.24) is 0 Å². The van der Waals surface area contributed by atoms with Gasteiger partial charge in [-0.2, -0.15) is 13.2 Å². The maximum atomic E-state index is 12.5. The van der Waals surface area contributed by atoms with E-state index in [4.69, 9.17) is 0 Å². The van der Waals surface area contributed by atoms with Gasteiger partial charge in [0.25, 0.3) is 0 Å². The van der Waals surface area contributed by atoms with Crippen LogP contribution in [0.1, 0.15) is 19.3 Å². The minimum Gasteiger partial charge on any atom is -0.393 e. The second-order valence-corrected chi connectivity index (χ2v) is 3.54. The lowest BCUT2D eigenvalue weighted by Crippen LogP contribution is -2.14. The number of allylic oxidation sites excluding steroid dienone is 4. The third-order valence-corrected chi connectivity index (χ3v) is 2.27. The summed E-state index contributed by atoms with van der Waals surface area (Å²) >= 11 is 0. The molecule has 15 heavy (non-hydrogen) atoms.